The van der Waals surface area contributed by atoms with Crippen LogP contribution < -0.4 is 4.74 Å². The van der Waals surface area contributed by atoms with Crippen molar-refractivity contribution in [3.8, 4) is 5.75 Å². The van der Waals surface area contributed by atoms with Crippen LogP contribution in [0.4, 0.5) is 0 Å². The highest BCUT2D eigenvalue weighted by molar-refractivity contribution is 6.48. The van der Waals surface area contributed by atoms with Gasteiger partial charge in [0.25, 0.3) is 0 Å². The Morgan fingerprint density at radius 3 is 2.50 bits per heavy atom. The molecular formula is C12H17BO3. The molecule has 3 nitrogen and oxygen atoms in total. The minimum Gasteiger partial charge on any atom is -0.494 e. The summed E-state index contributed by atoms with van der Waals surface area (Å²) in [6.07, 6.45) is 3.83. The zero-order chi connectivity index (χ0) is 11.8. The van der Waals surface area contributed by atoms with Gasteiger partial charge in [0.05, 0.1) is 6.61 Å². The first-order chi connectivity index (χ1) is 7.72. The first-order valence-electron chi connectivity index (χ1n) is 5.49. The van der Waals surface area contributed by atoms with Gasteiger partial charge in [0.1, 0.15) is 5.75 Å². The number of ether oxygens (including phenoxy) is 1. The van der Waals surface area contributed by atoms with Crippen molar-refractivity contribution >= 4 is 13.2 Å². The molecule has 0 bridgehead atoms. The Balaban J connectivity index is 2.47. The summed E-state index contributed by atoms with van der Waals surface area (Å²) in [4.78, 5) is 0. The smallest absolute Gasteiger partial charge is 0.480 e. The van der Waals surface area contributed by atoms with Crippen molar-refractivity contribution in [1.29, 1.82) is 0 Å². The van der Waals surface area contributed by atoms with Crippen LogP contribution in [0.2, 0.25) is 0 Å². The summed E-state index contributed by atoms with van der Waals surface area (Å²) >= 11 is 0. The van der Waals surface area contributed by atoms with E-state index in [4.69, 9.17) is 14.8 Å². The standard InChI is InChI=1S/C12H17BO3/c1-2-3-10-16-12-6-4-11(5-7-12)8-9-13(14)15/h4-9,14-15H,2-3,10H2,1H3/b9-8+. The maximum Gasteiger partial charge on any atom is 0.480 e. The van der Waals surface area contributed by atoms with Crippen LogP contribution in [0.15, 0.2) is 30.2 Å². The Hall–Kier alpha value is -1.26. The van der Waals surface area contributed by atoms with Crippen molar-refractivity contribution < 1.29 is 14.8 Å². The van der Waals surface area contributed by atoms with Crippen LogP contribution in [-0.2, 0) is 0 Å². The predicted octanol–water partition coefficient (Wildman–Crippen LogP) is 1.89. The lowest BCUT2D eigenvalue weighted by molar-refractivity contribution is 0.309. The van der Waals surface area contributed by atoms with Crippen molar-refractivity contribution in [3.05, 3.63) is 35.8 Å². The van der Waals surface area contributed by atoms with Crippen LogP contribution in [0.3, 0.4) is 0 Å². The van der Waals surface area contributed by atoms with Gasteiger partial charge in [0.15, 0.2) is 0 Å². The van der Waals surface area contributed by atoms with Gasteiger partial charge in [-0.25, -0.2) is 0 Å². The van der Waals surface area contributed by atoms with E-state index in [1.54, 1.807) is 6.08 Å². The highest BCUT2D eigenvalue weighted by atomic mass is 16.5. The zero-order valence-corrected chi connectivity index (χ0v) is 9.47. The van der Waals surface area contributed by atoms with Gasteiger partial charge in [-0.05, 0) is 24.1 Å². The number of benzene rings is 1. The topological polar surface area (TPSA) is 49.7 Å². The summed E-state index contributed by atoms with van der Waals surface area (Å²) in [6.45, 7) is 2.86. The monoisotopic (exact) mass is 220 g/mol. The molecule has 0 saturated heterocycles. The molecule has 0 aliphatic rings. The third-order valence-electron chi connectivity index (χ3n) is 2.11. The van der Waals surface area contributed by atoms with Gasteiger partial charge in [-0.1, -0.05) is 37.5 Å². The average Bonchev–Trinajstić information content (AvgIpc) is 2.28. The highest BCUT2D eigenvalue weighted by Gasteiger charge is 1.98. The molecule has 2 N–H and O–H groups in total. The Morgan fingerprint density at radius 1 is 1.25 bits per heavy atom. The molecule has 0 heterocycles. The first-order valence-corrected chi connectivity index (χ1v) is 5.49. The SMILES string of the molecule is CCCCOc1ccc(/C=C/B(O)O)cc1. The zero-order valence-electron chi connectivity index (χ0n) is 9.47. The molecule has 1 rings (SSSR count). The summed E-state index contributed by atoms with van der Waals surface area (Å²) in [5.41, 5.74) is 0.913. The fraction of sp³-hybridized carbons (Fsp3) is 0.333. The van der Waals surface area contributed by atoms with E-state index < -0.39 is 7.12 Å². The molecule has 86 valence electrons. The molecule has 0 atom stereocenters. The second-order valence-corrected chi connectivity index (χ2v) is 3.54. The lowest BCUT2D eigenvalue weighted by Gasteiger charge is -2.04. The van der Waals surface area contributed by atoms with Crippen molar-refractivity contribution in [1.82, 2.24) is 0 Å². The van der Waals surface area contributed by atoms with Crippen molar-refractivity contribution in [2.75, 3.05) is 6.61 Å². The van der Waals surface area contributed by atoms with E-state index in [1.165, 1.54) is 5.98 Å². The summed E-state index contributed by atoms with van der Waals surface area (Å²) in [6, 6.07) is 7.50. The molecule has 4 heteroatoms. The van der Waals surface area contributed by atoms with E-state index in [0.29, 0.717) is 0 Å². The Bertz CT molecular complexity index is 320. The quantitative estimate of drug-likeness (QED) is 0.568. The minimum atomic E-state index is -1.40. The van der Waals surface area contributed by atoms with Crippen LogP contribution >= 0.6 is 0 Å². The summed E-state index contributed by atoms with van der Waals surface area (Å²) in [7, 11) is -1.40. The number of hydrogen-bond acceptors (Lipinski definition) is 3. The van der Waals surface area contributed by atoms with Gasteiger partial charge in [-0.3, -0.25) is 0 Å². The van der Waals surface area contributed by atoms with Gasteiger partial charge < -0.3 is 14.8 Å². The normalized spacial score (nSPS) is 10.7. The molecule has 0 aromatic heterocycles. The van der Waals surface area contributed by atoms with Gasteiger partial charge >= 0.3 is 7.12 Å². The highest BCUT2D eigenvalue weighted by Crippen LogP contribution is 2.13. The summed E-state index contributed by atoms with van der Waals surface area (Å²) in [5, 5.41) is 17.3. The first kappa shape index (κ1) is 12.8. The van der Waals surface area contributed by atoms with Crippen LogP contribution in [0.25, 0.3) is 6.08 Å². The Kier molecular flexibility index (Phi) is 5.68. The molecule has 0 radical (unpaired) electrons. The fourth-order valence-electron chi connectivity index (χ4n) is 1.21. The molecule has 0 amide bonds. The van der Waals surface area contributed by atoms with Gasteiger partial charge in [0, 0.05) is 0 Å². The minimum absolute atomic E-state index is 0.737. The van der Waals surface area contributed by atoms with E-state index in [9.17, 15) is 0 Å². The second-order valence-electron chi connectivity index (χ2n) is 3.54. The number of unbranched alkanes of at least 4 members (excludes halogenated alkanes) is 1. The van der Waals surface area contributed by atoms with E-state index in [-0.39, 0.29) is 0 Å². The molecule has 0 saturated carbocycles. The van der Waals surface area contributed by atoms with E-state index in [0.717, 1.165) is 30.8 Å². The predicted molar refractivity (Wildman–Crippen MR) is 66.1 cm³/mol. The molecule has 1 aromatic carbocycles. The second kappa shape index (κ2) is 7.09. The van der Waals surface area contributed by atoms with Crippen LogP contribution in [-0.4, -0.2) is 23.8 Å². The average molecular weight is 220 g/mol. The third-order valence-corrected chi connectivity index (χ3v) is 2.11. The van der Waals surface area contributed by atoms with Crippen LogP contribution in [0, 0.1) is 0 Å². The molecule has 16 heavy (non-hydrogen) atoms. The van der Waals surface area contributed by atoms with Crippen molar-refractivity contribution in [2.45, 2.75) is 19.8 Å². The fourth-order valence-corrected chi connectivity index (χ4v) is 1.21. The molecule has 0 spiro atoms. The molecule has 0 aliphatic carbocycles. The van der Waals surface area contributed by atoms with Gasteiger partial charge in [-0.15, -0.1) is 0 Å². The Labute approximate surface area is 96.5 Å². The molecule has 0 fully saturated rings. The van der Waals surface area contributed by atoms with Crippen molar-refractivity contribution in [2.24, 2.45) is 0 Å². The third kappa shape index (κ3) is 5.00. The van der Waals surface area contributed by atoms with Crippen LogP contribution in [0.5, 0.6) is 5.75 Å². The Morgan fingerprint density at radius 2 is 1.94 bits per heavy atom. The van der Waals surface area contributed by atoms with E-state index in [2.05, 4.69) is 6.92 Å². The summed E-state index contributed by atoms with van der Waals surface area (Å²) < 4.78 is 5.50. The maximum atomic E-state index is 8.66. The number of rotatable bonds is 6. The van der Waals surface area contributed by atoms with E-state index >= 15 is 0 Å². The van der Waals surface area contributed by atoms with Gasteiger partial charge in [0.2, 0.25) is 0 Å². The van der Waals surface area contributed by atoms with Crippen LogP contribution in [0.1, 0.15) is 25.3 Å². The summed E-state index contributed by atoms with van der Waals surface area (Å²) in [5.74, 6) is 2.16. The lowest BCUT2D eigenvalue weighted by Crippen LogP contribution is -2.05. The molecule has 0 aliphatic heterocycles. The number of hydrogen-bond donors (Lipinski definition) is 2. The van der Waals surface area contributed by atoms with E-state index in [1.807, 2.05) is 24.3 Å². The lowest BCUT2D eigenvalue weighted by atomic mass is 9.91. The largest absolute Gasteiger partial charge is 0.494 e. The molecule has 0 unspecified atom stereocenters. The molecular weight excluding hydrogens is 203 g/mol. The maximum absolute atomic E-state index is 8.66. The molecule has 1 aromatic rings. The van der Waals surface area contributed by atoms with Crippen molar-refractivity contribution in [3.63, 3.8) is 0 Å². The van der Waals surface area contributed by atoms with Gasteiger partial charge in [-0.2, -0.15) is 0 Å².